The predicted octanol–water partition coefficient (Wildman–Crippen LogP) is 1.04. The molecule has 1 unspecified atom stereocenters. The van der Waals surface area contributed by atoms with E-state index in [4.69, 9.17) is 5.11 Å². The molecule has 3 heteroatoms. The third kappa shape index (κ3) is 2.11. The molecule has 3 nitrogen and oxygen atoms in total. The van der Waals surface area contributed by atoms with Gasteiger partial charge in [-0.1, -0.05) is 6.07 Å². The highest BCUT2D eigenvalue weighted by Crippen LogP contribution is 2.21. The average Bonchev–Trinajstić information content (AvgIpc) is 2.30. The topological polar surface area (TPSA) is 45.1 Å². The van der Waals surface area contributed by atoms with E-state index in [2.05, 4.69) is 10.3 Å². The Labute approximate surface area is 84.2 Å². The molecule has 14 heavy (non-hydrogen) atoms. The molecule has 1 aromatic heterocycles. The number of aliphatic hydroxyl groups is 1. The number of nitrogens with zero attached hydrogens (tertiary/aromatic N) is 1. The smallest absolute Gasteiger partial charge is 0.0696 e. The molecule has 1 fully saturated rings. The average molecular weight is 192 g/mol. The first-order chi connectivity index (χ1) is 6.90. The Hall–Kier alpha value is -0.930. The number of aliphatic hydroxyl groups excluding tert-OH is 1. The molecule has 76 valence electrons. The molecule has 1 aliphatic heterocycles. The van der Waals surface area contributed by atoms with E-state index >= 15 is 0 Å². The molecule has 0 aliphatic carbocycles. The summed E-state index contributed by atoms with van der Waals surface area (Å²) in [4.78, 5) is 4.37. The molecule has 1 atom stereocenters. The van der Waals surface area contributed by atoms with Crippen LogP contribution in [0, 0.1) is 0 Å². The lowest BCUT2D eigenvalue weighted by atomic mass is 9.95. The fourth-order valence-electron chi connectivity index (χ4n) is 1.88. The highest BCUT2D eigenvalue weighted by Gasteiger charge is 2.15. The molecule has 0 saturated carbocycles. The van der Waals surface area contributed by atoms with Crippen LogP contribution < -0.4 is 5.32 Å². The van der Waals surface area contributed by atoms with Crippen LogP contribution in [-0.4, -0.2) is 23.2 Å². The number of nitrogens with one attached hydrogen (secondary N) is 1. The minimum atomic E-state index is 0.0796. The third-order valence-electron chi connectivity index (χ3n) is 2.75. The maximum atomic E-state index is 8.89. The first-order valence-electron chi connectivity index (χ1n) is 5.16. The van der Waals surface area contributed by atoms with Crippen molar-refractivity contribution in [3.63, 3.8) is 0 Å². The summed E-state index contributed by atoms with van der Waals surface area (Å²) >= 11 is 0. The van der Waals surface area contributed by atoms with Crippen molar-refractivity contribution < 1.29 is 5.11 Å². The fraction of sp³-hybridized carbons (Fsp3) is 0.545. The van der Waals surface area contributed by atoms with Gasteiger partial charge in [-0.3, -0.25) is 4.98 Å². The van der Waals surface area contributed by atoms with E-state index in [1.807, 2.05) is 12.1 Å². The predicted molar refractivity (Wildman–Crippen MR) is 55.0 cm³/mol. The van der Waals surface area contributed by atoms with Gasteiger partial charge in [0.05, 0.1) is 6.61 Å². The van der Waals surface area contributed by atoms with E-state index in [0.717, 1.165) is 24.3 Å². The number of hydrogen-bond acceptors (Lipinski definition) is 3. The van der Waals surface area contributed by atoms with Crippen molar-refractivity contribution >= 4 is 0 Å². The Morgan fingerprint density at radius 2 is 2.43 bits per heavy atom. The van der Waals surface area contributed by atoms with Gasteiger partial charge in [0.1, 0.15) is 0 Å². The van der Waals surface area contributed by atoms with Gasteiger partial charge in [-0.05, 0) is 31.0 Å². The first-order valence-corrected chi connectivity index (χ1v) is 5.16. The fourth-order valence-corrected chi connectivity index (χ4v) is 1.88. The van der Waals surface area contributed by atoms with Gasteiger partial charge in [-0.15, -0.1) is 0 Å². The summed E-state index contributed by atoms with van der Waals surface area (Å²) in [5, 5.41) is 12.3. The molecule has 1 saturated heterocycles. The lowest BCUT2D eigenvalue weighted by molar-refractivity contribution is 0.281. The molecule has 1 aliphatic rings. The van der Waals surface area contributed by atoms with Crippen molar-refractivity contribution in [2.45, 2.75) is 25.4 Å². The van der Waals surface area contributed by atoms with Crippen molar-refractivity contribution in [1.29, 1.82) is 0 Å². The van der Waals surface area contributed by atoms with Crippen LogP contribution in [0.25, 0.3) is 0 Å². The Bertz CT molecular complexity index is 278. The lowest BCUT2D eigenvalue weighted by Crippen LogP contribution is -2.28. The molecule has 1 aromatic rings. The molecule has 0 bridgehead atoms. The maximum Gasteiger partial charge on any atom is 0.0696 e. The molecule has 2 heterocycles. The summed E-state index contributed by atoms with van der Waals surface area (Å²) in [6.07, 6.45) is 4.22. The summed E-state index contributed by atoms with van der Waals surface area (Å²) in [5.41, 5.74) is 2.03. The second-order valence-corrected chi connectivity index (χ2v) is 3.79. The number of rotatable bonds is 2. The third-order valence-corrected chi connectivity index (χ3v) is 2.75. The Morgan fingerprint density at radius 1 is 1.50 bits per heavy atom. The summed E-state index contributed by atoms with van der Waals surface area (Å²) in [6, 6.07) is 3.99. The number of aromatic nitrogens is 1. The van der Waals surface area contributed by atoms with Crippen LogP contribution in [0.4, 0.5) is 0 Å². The van der Waals surface area contributed by atoms with Crippen molar-refractivity contribution in [1.82, 2.24) is 10.3 Å². The van der Waals surface area contributed by atoms with Crippen LogP contribution in [0.5, 0.6) is 0 Å². The Kier molecular flexibility index (Phi) is 3.11. The maximum absolute atomic E-state index is 8.89. The second kappa shape index (κ2) is 4.53. The zero-order valence-electron chi connectivity index (χ0n) is 8.24. The molecular formula is C11H16N2O. The standard InChI is InChI=1S/C11H16N2O/c14-8-9-3-4-11(13-6-9)10-2-1-5-12-7-10/h3-4,6,10,12,14H,1-2,5,7-8H2. The van der Waals surface area contributed by atoms with E-state index in [0.29, 0.717) is 5.92 Å². The number of pyridine rings is 1. The molecule has 0 amide bonds. The quantitative estimate of drug-likeness (QED) is 0.736. The van der Waals surface area contributed by atoms with Gasteiger partial charge in [-0.25, -0.2) is 0 Å². The van der Waals surface area contributed by atoms with Gasteiger partial charge in [0, 0.05) is 24.4 Å². The molecule has 2 N–H and O–H groups in total. The van der Waals surface area contributed by atoms with Crippen LogP contribution in [0.15, 0.2) is 18.3 Å². The summed E-state index contributed by atoms with van der Waals surface area (Å²) in [6.45, 7) is 2.24. The zero-order chi connectivity index (χ0) is 9.80. The van der Waals surface area contributed by atoms with E-state index in [1.54, 1.807) is 6.20 Å². The van der Waals surface area contributed by atoms with Crippen molar-refractivity contribution in [2.75, 3.05) is 13.1 Å². The first kappa shape index (κ1) is 9.62. The van der Waals surface area contributed by atoms with Gasteiger partial charge in [0.2, 0.25) is 0 Å². The summed E-state index contributed by atoms with van der Waals surface area (Å²) in [7, 11) is 0. The van der Waals surface area contributed by atoms with E-state index < -0.39 is 0 Å². The normalized spacial score (nSPS) is 22.2. The van der Waals surface area contributed by atoms with E-state index in [9.17, 15) is 0 Å². The van der Waals surface area contributed by atoms with Gasteiger partial charge < -0.3 is 10.4 Å². The SMILES string of the molecule is OCc1ccc(C2CCCNC2)nc1. The highest BCUT2D eigenvalue weighted by molar-refractivity contribution is 5.17. The van der Waals surface area contributed by atoms with Gasteiger partial charge in [0.15, 0.2) is 0 Å². The minimum Gasteiger partial charge on any atom is -0.392 e. The van der Waals surface area contributed by atoms with Crippen LogP contribution >= 0.6 is 0 Å². The van der Waals surface area contributed by atoms with Gasteiger partial charge >= 0.3 is 0 Å². The molecule has 0 spiro atoms. The van der Waals surface area contributed by atoms with E-state index in [1.165, 1.54) is 12.8 Å². The minimum absolute atomic E-state index is 0.0796. The number of piperidine rings is 1. The van der Waals surface area contributed by atoms with Crippen LogP contribution in [0.1, 0.15) is 30.0 Å². The summed E-state index contributed by atoms with van der Waals surface area (Å²) < 4.78 is 0. The zero-order valence-corrected chi connectivity index (χ0v) is 8.24. The van der Waals surface area contributed by atoms with Crippen molar-refractivity contribution in [2.24, 2.45) is 0 Å². The Morgan fingerprint density at radius 3 is 3.00 bits per heavy atom. The molecular weight excluding hydrogens is 176 g/mol. The summed E-state index contributed by atoms with van der Waals surface area (Å²) in [5.74, 6) is 0.552. The number of hydrogen-bond donors (Lipinski definition) is 2. The van der Waals surface area contributed by atoms with Crippen molar-refractivity contribution in [3.8, 4) is 0 Å². The van der Waals surface area contributed by atoms with Gasteiger partial charge in [0.25, 0.3) is 0 Å². The second-order valence-electron chi connectivity index (χ2n) is 3.79. The van der Waals surface area contributed by atoms with Crippen LogP contribution in [-0.2, 0) is 6.61 Å². The lowest BCUT2D eigenvalue weighted by Gasteiger charge is -2.22. The van der Waals surface area contributed by atoms with Crippen LogP contribution in [0.3, 0.4) is 0 Å². The highest BCUT2D eigenvalue weighted by atomic mass is 16.3. The molecule has 0 aromatic carbocycles. The van der Waals surface area contributed by atoms with E-state index in [-0.39, 0.29) is 6.61 Å². The van der Waals surface area contributed by atoms with Crippen molar-refractivity contribution in [3.05, 3.63) is 29.6 Å². The largest absolute Gasteiger partial charge is 0.392 e. The monoisotopic (exact) mass is 192 g/mol. The van der Waals surface area contributed by atoms with Crippen LogP contribution in [0.2, 0.25) is 0 Å². The Balaban J connectivity index is 2.07. The molecule has 0 radical (unpaired) electrons. The van der Waals surface area contributed by atoms with Gasteiger partial charge in [-0.2, -0.15) is 0 Å². The molecule has 2 rings (SSSR count).